The van der Waals surface area contributed by atoms with Crippen molar-refractivity contribution in [3.63, 3.8) is 0 Å². The van der Waals surface area contributed by atoms with Gasteiger partial charge in [0.25, 0.3) is 11.5 Å². The van der Waals surface area contributed by atoms with Crippen LogP contribution in [0.5, 0.6) is 5.88 Å². The lowest BCUT2D eigenvalue weighted by molar-refractivity contribution is -0.0197. The van der Waals surface area contributed by atoms with Crippen LogP contribution in [0.3, 0.4) is 0 Å². The zero-order valence-corrected chi connectivity index (χ0v) is 24.4. The summed E-state index contributed by atoms with van der Waals surface area (Å²) in [6.45, 7) is 3.67. The number of methoxy groups -OCH3 is 1. The number of fused-ring (bicyclic) bond motifs is 2. The summed E-state index contributed by atoms with van der Waals surface area (Å²) < 4.78 is 6.99. The summed E-state index contributed by atoms with van der Waals surface area (Å²) in [4.78, 5) is 30.3. The lowest BCUT2D eigenvalue weighted by Gasteiger charge is -2.57. The smallest absolute Gasteiger partial charge is 0.272 e. The lowest BCUT2D eigenvalue weighted by atomic mass is 9.49. The molecular formula is C33H34N6O4. The molecule has 2 aliphatic carbocycles. The molecule has 0 aliphatic heterocycles. The van der Waals surface area contributed by atoms with Crippen LogP contribution in [0.25, 0.3) is 32.9 Å². The molecule has 10 heteroatoms. The molecule has 1 spiro atoms. The second kappa shape index (κ2) is 10.0. The predicted molar refractivity (Wildman–Crippen MR) is 163 cm³/mol. The molecular weight excluding hydrogens is 544 g/mol. The summed E-state index contributed by atoms with van der Waals surface area (Å²) in [7, 11) is 1.58. The third-order valence-electron chi connectivity index (χ3n) is 8.90. The van der Waals surface area contributed by atoms with Crippen molar-refractivity contribution in [2.24, 2.45) is 5.41 Å². The lowest BCUT2D eigenvalue weighted by Crippen LogP contribution is -2.55. The fourth-order valence-corrected chi connectivity index (χ4v) is 6.98. The Hall–Kier alpha value is -4.57. The number of aromatic amines is 1. The highest BCUT2D eigenvalue weighted by atomic mass is 16.5. The molecule has 0 unspecified atom stereocenters. The van der Waals surface area contributed by atoms with Gasteiger partial charge < -0.3 is 15.2 Å². The predicted octanol–water partition coefficient (Wildman–Crippen LogP) is 4.57. The molecule has 0 radical (unpaired) electrons. The van der Waals surface area contributed by atoms with Crippen molar-refractivity contribution >= 4 is 27.6 Å². The van der Waals surface area contributed by atoms with E-state index in [-0.39, 0.29) is 29.5 Å². The van der Waals surface area contributed by atoms with E-state index in [2.05, 4.69) is 25.6 Å². The van der Waals surface area contributed by atoms with Crippen molar-refractivity contribution in [1.82, 2.24) is 30.3 Å². The number of ether oxygens (including phenoxy) is 1. The minimum absolute atomic E-state index is 0.0727. The van der Waals surface area contributed by atoms with Crippen LogP contribution in [0.15, 0.2) is 65.5 Å². The fourth-order valence-electron chi connectivity index (χ4n) is 6.98. The van der Waals surface area contributed by atoms with Gasteiger partial charge in [-0.25, -0.2) is 10.1 Å². The Kier molecular flexibility index (Phi) is 6.35. The van der Waals surface area contributed by atoms with Gasteiger partial charge in [0, 0.05) is 34.4 Å². The summed E-state index contributed by atoms with van der Waals surface area (Å²) in [5, 5.41) is 27.9. The molecule has 3 heterocycles. The van der Waals surface area contributed by atoms with E-state index in [1.54, 1.807) is 31.7 Å². The van der Waals surface area contributed by atoms with E-state index in [1.165, 1.54) is 0 Å². The Bertz CT molecular complexity index is 1920. The molecule has 3 N–H and O–H groups in total. The minimum atomic E-state index is -1.02. The Labute approximate surface area is 248 Å². The Morgan fingerprint density at radius 3 is 2.58 bits per heavy atom. The van der Waals surface area contributed by atoms with Crippen LogP contribution in [0.1, 0.15) is 61.6 Å². The number of aliphatic hydroxyl groups is 1. The number of nitrogens with one attached hydrogen (secondary N) is 2. The van der Waals surface area contributed by atoms with Crippen molar-refractivity contribution < 1.29 is 14.6 Å². The molecule has 0 saturated heterocycles. The average molecular weight is 579 g/mol. The number of benzene rings is 2. The summed E-state index contributed by atoms with van der Waals surface area (Å²) in [5.41, 5.74) is 2.67. The van der Waals surface area contributed by atoms with Crippen LogP contribution in [0, 0.1) is 5.41 Å². The normalized spacial score (nSPS) is 21.5. The number of aromatic nitrogens is 5. The molecule has 5 aromatic rings. The van der Waals surface area contributed by atoms with Gasteiger partial charge >= 0.3 is 0 Å². The highest BCUT2D eigenvalue weighted by Gasteiger charge is 2.54. The maximum atomic E-state index is 13.5. The molecule has 10 nitrogen and oxygen atoms in total. The van der Waals surface area contributed by atoms with E-state index in [1.807, 2.05) is 54.6 Å². The van der Waals surface area contributed by atoms with Gasteiger partial charge in [0.15, 0.2) is 5.69 Å². The van der Waals surface area contributed by atoms with Crippen molar-refractivity contribution in [1.29, 1.82) is 0 Å². The van der Waals surface area contributed by atoms with Gasteiger partial charge in [-0.05, 0) is 69.2 Å². The van der Waals surface area contributed by atoms with Gasteiger partial charge in [-0.2, -0.15) is 10.2 Å². The third kappa shape index (κ3) is 4.95. The van der Waals surface area contributed by atoms with E-state index < -0.39 is 5.60 Å². The van der Waals surface area contributed by atoms with Crippen LogP contribution in [0.2, 0.25) is 0 Å². The molecule has 43 heavy (non-hydrogen) atoms. The number of H-pyrrole nitrogens is 1. The van der Waals surface area contributed by atoms with Gasteiger partial charge in [0.05, 0.1) is 41.5 Å². The Morgan fingerprint density at radius 1 is 1.07 bits per heavy atom. The zero-order valence-electron chi connectivity index (χ0n) is 24.4. The maximum Gasteiger partial charge on any atom is 0.272 e. The SMILES string of the molecule is COc1cccc(-c2ccc3c(C(=O)NC4CC5(C4)CC(c4n[nH]c(=O)c6ccccc46)C5)nn(CC(C)(C)O)c3c2)n1. The molecule has 0 atom stereocenters. The van der Waals surface area contributed by atoms with E-state index in [0.717, 1.165) is 58.9 Å². The summed E-state index contributed by atoms with van der Waals surface area (Å²) in [6, 6.07) is 19.1. The number of hydrogen-bond acceptors (Lipinski definition) is 7. The van der Waals surface area contributed by atoms with E-state index in [0.29, 0.717) is 22.9 Å². The van der Waals surface area contributed by atoms with Gasteiger partial charge in [0.2, 0.25) is 5.88 Å². The average Bonchev–Trinajstić information content (AvgIpc) is 3.30. The van der Waals surface area contributed by atoms with Crippen molar-refractivity contribution in [2.45, 2.75) is 63.6 Å². The van der Waals surface area contributed by atoms with Crippen molar-refractivity contribution in [3.8, 4) is 17.1 Å². The van der Waals surface area contributed by atoms with Crippen LogP contribution >= 0.6 is 0 Å². The number of nitrogens with zero attached hydrogens (tertiary/aromatic N) is 4. The number of hydrogen-bond donors (Lipinski definition) is 3. The summed E-state index contributed by atoms with van der Waals surface area (Å²) in [6.07, 6.45) is 3.80. The number of rotatable bonds is 7. The van der Waals surface area contributed by atoms with Crippen molar-refractivity contribution in [3.05, 3.63) is 82.4 Å². The first-order valence-electron chi connectivity index (χ1n) is 14.6. The summed E-state index contributed by atoms with van der Waals surface area (Å²) in [5.74, 6) is 0.603. The second-order valence-corrected chi connectivity index (χ2v) is 12.8. The first-order valence-corrected chi connectivity index (χ1v) is 14.6. The zero-order chi connectivity index (χ0) is 29.9. The summed E-state index contributed by atoms with van der Waals surface area (Å²) >= 11 is 0. The first kappa shape index (κ1) is 27.3. The highest BCUT2D eigenvalue weighted by Crippen LogP contribution is 2.62. The van der Waals surface area contributed by atoms with E-state index in [9.17, 15) is 14.7 Å². The fraction of sp³-hybridized carbons (Fsp3) is 0.364. The molecule has 2 saturated carbocycles. The largest absolute Gasteiger partial charge is 0.481 e. The Morgan fingerprint density at radius 2 is 1.84 bits per heavy atom. The first-order chi connectivity index (χ1) is 20.6. The van der Waals surface area contributed by atoms with Crippen LogP contribution in [-0.2, 0) is 6.54 Å². The molecule has 0 bridgehead atoms. The number of pyridine rings is 1. The van der Waals surface area contributed by atoms with Gasteiger partial charge in [-0.1, -0.05) is 30.3 Å². The molecule has 2 aliphatic rings. The van der Waals surface area contributed by atoms with E-state index >= 15 is 0 Å². The Balaban J connectivity index is 1.08. The topological polar surface area (TPSA) is 135 Å². The minimum Gasteiger partial charge on any atom is -0.481 e. The van der Waals surface area contributed by atoms with Crippen LogP contribution < -0.4 is 15.6 Å². The molecule has 2 aromatic carbocycles. The van der Waals surface area contributed by atoms with Crippen LogP contribution in [-0.4, -0.2) is 54.7 Å². The molecule has 220 valence electrons. The molecule has 3 aromatic heterocycles. The van der Waals surface area contributed by atoms with Gasteiger partial charge in [-0.15, -0.1) is 0 Å². The monoisotopic (exact) mass is 578 g/mol. The molecule has 7 rings (SSSR count). The quantitative estimate of drug-likeness (QED) is 0.257. The van der Waals surface area contributed by atoms with Gasteiger partial charge in [0.1, 0.15) is 0 Å². The highest BCUT2D eigenvalue weighted by molar-refractivity contribution is 6.05. The molecule has 2 fully saturated rings. The number of carbonyl (C=O) groups is 1. The number of carbonyl (C=O) groups excluding carboxylic acids is 1. The molecule has 1 amide bonds. The van der Waals surface area contributed by atoms with E-state index in [4.69, 9.17) is 4.74 Å². The third-order valence-corrected chi connectivity index (χ3v) is 8.90. The van der Waals surface area contributed by atoms with Gasteiger partial charge in [-0.3, -0.25) is 14.3 Å². The standard InChI is InChI=1S/C33H34N6O4/c1-32(2,42)18-39-26-13-19(25-9-6-10-27(35-25)43-3)11-12-24(26)29(38-39)31(41)34-21-16-33(17-21)14-20(15-33)28-22-7-4-5-8-23(22)30(40)37-36-28/h4-13,20-21,42H,14-18H2,1-3H3,(H,34,41)(H,37,40). The number of amides is 1. The van der Waals surface area contributed by atoms with Crippen molar-refractivity contribution in [2.75, 3.05) is 7.11 Å². The second-order valence-electron chi connectivity index (χ2n) is 12.8. The van der Waals surface area contributed by atoms with Crippen LogP contribution in [0.4, 0.5) is 0 Å². The maximum absolute atomic E-state index is 13.5.